The normalized spacial score (nSPS) is 23.1. The van der Waals surface area contributed by atoms with Gasteiger partial charge in [-0.2, -0.15) is 0 Å². The maximum atomic E-state index is 13.1. The molecule has 1 saturated carbocycles. The van der Waals surface area contributed by atoms with E-state index in [1.54, 1.807) is 6.07 Å². The van der Waals surface area contributed by atoms with Crippen LogP contribution in [0.15, 0.2) is 22.7 Å². The molecule has 1 amide bonds. The van der Waals surface area contributed by atoms with Crippen molar-refractivity contribution in [3.05, 3.63) is 34.1 Å². The van der Waals surface area contributed by atoms with Crippen molar-refractivity contribution >= 4 is 21.8 Å². The van der Waals surface area contributed by atoms with Gasteiger partial charge in [-0.1, -0.05) is 13.3 Å². The monoisotopic (exact) mass is 313 g/mol. The molecule has 1 N–H and O–H groups in total. The maximum absolute atomic E-state index is 13.1. The van der Waals surface area contributed by atoms with Crippen LogP contribution in [0.3, 0.4) is 0 Å². The van der Waals surface area contributed by atoms with Crippen molar-refractivity contribution in [1.29, 1.82) is 0 Å². The molecule has 0 saturated heterocycles. The van der Waals surface area contributed by atoms with Crippen LogP contribution in [-0.2, 0) is 0 Å². The van der Waals surface area contributed by atoms with Crippen LogP contribution in [0.2, 0.25) is 0 Å². The standard InChI is InChI=1S/C14H17BrFNO/c1-9-2-3-10(6-9)8-17-14(18)12-7-11(16)4-5-13(12)15/h4-5,7,9-10H,2-3,6,8H2,1H3,(H,17,18). The second kappa shape index (κ2) is 5.83. The van der Waals surface area contributed by atoms with E-state index in [1.807, 2.05) is 0 Å². The maximum Gasteiger partial charge on any atom is 0.252 e. The van der Waals surface area contributed by atoms with E-state index in [-0.39, 0.29) is 5.91 Å². The van der Waals surface area contributed by atoms with Gasteiger partial charge >= 0.3 is 0 Å². The van der Waals surface area contributed by atoms with Crippen molar-refractivity contribution in [2.24, 2.45) is 11.8 Å². The van der Waals surface area contributed by atoms with Crippen molar-refractivity contribution in [2.75, 3.05) is 6.54 Å². The summed E-state index contributed by atoms with van der Waals surface area (Å²) in [6.45, 7) is 2.93. The molecule has 0 radical (unpaired) electrons. The summed E-state index contributed by atoms with van der Waals surface area (Å²) in [6, 6.07) is 4.15. The average molecular weight is 314 g/mol. The van der Waals surface area contributed by atoms with Crippen LogP contribution in [0.5, 0.6) is 0 Å². The molecule has 4 heteroatoms. The Morgan fingerprint density at radius 1 is 1.50 bits per heavy atom. The van der Waals surface area contributed by atoms with Crippen LogP contribution >= 0.6 is 15.9 Å². The third-order valence-corrected chi connectivity index (χ3v) is 4.22. The number of benzene rings is 1. The summed E-state index contributed by atoms with van der Waals surface area (Å²) in [5.41, 5.74) is 0.362. The predicted molar refractivity (Wildman–Crippen MR) is 72.9 cm³/mol. The second-order valence-electron chi connectivity index (χ2n) is 5.12. The number of nitrogens with one attached hydrogen (secondary N) is 1. The molecule has 0 spiro atoms. The summed E-state index contributed by atoms with van der Waals surface area (Å²) in [6.07, 6.45) is 3.58. The molecule has 98 valence electrons. The van der Waals surface area contributed by atoms with Crippen LogP contribution in [-0.4, -0.2) is 12.5 Å². The Bertz CT molecular complexity index is 449. The summed E-state index contributed by atoms with van der Waals surface area (Å²) in [5, 5.41) is 2.89. The lowest BCUT2D eigenvalue weighted by molar-refractivity contribution is 0.0946. The molecule has 0 aromatic heterocycles. The quantitative estimate of drug-likeness (QED) is 0.904. The third-order valence-electron chi connectivity index (χ3n) is 3.53. The highest BCUT2D eigenvalue weighted by Gasteiger charge is 2.22. The zero-order valence-electron chi connectivity index (χ0n) is 10.4. The van der Waals surface area contributed by atoms with Gasteiger partial charge in [-0.15, -0.1) is 0 Å². The minimum Gasteiger partial charge on any atom is -0.352 e. The fraction of sp³-hybridized carbons (Fsp3) is 0.500. The van der Waals surface area contributed by atoms with Gasteiger partial charge in [-0.05, 0) is 58.8 Å². The van der Waals surface area contributed by atoms with Crippen LogP contribution < -0.4 is 5.32 Å². The zero-order valence-corrected chi connectivity index (χ0v) is 12.0. The van der Waals surface area contributed by atoms with E-state index >= 15 is 0 Å². The third kappa shape index (κ3) is 3.31. The van der Waals surface area contributed by atoms with Gasteiger partial charge in [0.05, 0.1) is 5.56 Å². The van der Waals surface area contributed by atoms with E-state index in [2.05, 4.69) is 28.2 Å². The molecular weight excluding hydrogens is 297 g/mol. The van der Waals surface area contributed by atoms with E-state index in [0.717, 1.165) is 5.92 Å². The first-order chi connectivity index (χ1) is 8.56. The van der Waals surface area contributed by atoms with E-state index in [0.29, 0.717) is 22.5 Å². The van der Waals surface area contributed by atoms with Crippen molar-refractivity contribution in [1.82, 2.24) is 5.32 Å². The Morgan fingerprint density at radius 2 is 2.28 bits per heavy atom. The molecule has 0 bridgehead atoms. The fourth-order valence-corrected chi connectivity index (χ4v) is 2.94. The van der Waals surface area contributed by atoms with E-state index in [1.165, 1.54) is 31.4 Å². The summed E-state index contributed by atoms with van der Waals surface area (Å²) >= 11 is 3.27. The number of rotatable bonds is 3. The Balaban J connectivity index is 1.93. The van der Waals surface area contributed by atoms with Crippen molar-refractivity contribution in [2.45, 2.75) is 26.2 Å². The summed E-state index contributed by atoms with van der Waals surface area (Å²) in [5.74, 6) is 0.725. The molecule has 18 heavy (non-hydrogen) atoms. The van der Waals surface area contributed by atoms with Crippen molar-refractivity contribution < 1.29 is 9.18 Å². The highest BCUT2D eigenvalue weighted by molar-refractivity contribution is 9.10. The molecule has 0 heterocycles. The summed E-state index contributed by atoms with van der Waals surface area (Å²) in [4.78, 5) is 11.9. The van der Waals surface area contributed by atoms with Crippen LogP contribution in [0.1, 0.15) is 36.5 Å². The van der Waals surface area contributed by atoms with E-state index in [9.17, 15) is 9.18 Å². The number of halogens is 2. The molecule has 2 atom stereocenters. The molecule has 2 nitrogen and oxygen atoms in total. The van der Waals surface area contributed by atoms with Gasteiger partial charge < -0.3 is 5.32 Å². The molecule has 1 aliphatic carbocycles. The Morgan fingerprint density at radius 3 is 2.94 bits per heavy atom. The molecular formula is C14H17BrFNO. The average Bonchev–Trinajstić information content (AvgIpc) is 2.75. The summed E-state index contributed by atoms with van der Waals surface area (Å²) < 4.78 is 13.7. The predicted octanol–water partition coefficient (Wildman–Crippen LogP) is 3.75. The highest BCUT2D eigenvalue weighted by atomic mass is 79.9. The van der Waals surface area contributed by atoms with Crippen LogP contribution in [0, 0.1) is 17.7 Å². The lowest BCUT2D eigenvalue weighted by Crippen LogP contribution is -2.28. The summed E-state index contributed by atoms with van der Waals surface area (Å²) in [7, 11) is 0. The van der Waals surface area contributed by atoms with Crippen molar-refractivity contribution in [3.8, 4) is 0 Å². The Hall–Kier alpha value is -0.900. The van der Waals surface area contributed by atoms with Crippen molar-refractivity contribution in [3.63, 3.8) is 0 Å². The van der Waals surface area contributed by atoms with Gasteiger partial charge in [0.15, 0.2) is 0 Å². The highest BCUT2D eigenvalue weighted by Crippen LogP contribution is 2.29. The zero-order chi connectivity index (χ0) is 13.1. The lowest BCUT2D eigenvalue weighted by Gasteiger charge is -2.12. The smallest absolute Gasteiger partial charge is 0.252 e. The van der Waals surface area contributed by atoms with Gasteiger partial charge in [0.1, 0.15) is 5.82 Å². The van der Waals surface area contributed by atoms with Gasteiger partial charge in [0, 0.05) is 11.0 Å². The topological polar surface area (TPSA) is 29.1 Å². The van der Waals surface area contributed by atoms with Gasteiger partial charge in [-0.25, -0.2) is 4.39 Å². The molecule has 1 aliphatic rings. The molecule has 2 rings (SSSR count). The fourth-order valence-electron chi connectivity index (χ4n) is 2.51. The molecule has 1 aromatic rings. The first-order valence-corrected chi connectivity index (χ1v) is 7.09. The molecule has 1 fully saturated rings. The number of hydrogen-bond acceptors (Lipinski definition) is 1. The van der Waals surface area contributed by atoms with E-state index in [4.69, 9.17) is 0 Å². The molecule has 2 unspecified atom stereocenters. The molecule has 1 aromatic carbocycles. The van der Waals surface area contributed by atoms with Gasteiger partial charge in [0.25, 0.3) is 5.91 Å². The SMILES string of the molecule is CC1CCC(CNC(=O)c2cc(F)ccc2Br)C1. The Kier molecular flexibility index (Phi) is 4.38. The number of carbonyl (C=O) groups excluding carboxylic acids is 1. The Labute approximate surface area is 115 Å². The van der Waals surface area contributed by atoms with Gasteiger partial charge in [-0.3, -0.25) is 4.79 Å². The lowest BCUT2D eigenvalue weighted by atomic mass is 10.1. The van der Waals surface area contributed by atoms with Crippen LogP contribution in [0.25, 0.3) is 0 Å². The van der Waals surface area contributed by atoms with E-state index < -0.39 is 5.82 Å². The largest absolute Gasteiger partial charge is 0.352 e. The van der Waals surface area contributed by atoms with Crippen LogP contribution in [0.4, 0.5) is 4.39 Å². The van der Waals surface area contributed by atoms with Gasteiger partial charge in [0.2, 0.25) is 0 Å². The molecule has 0 aliphatic heterocycles. The first-order valence-electron chi connectivity index (χ1n) is 6.29. The second-order valence-corrected chi connectivity index (χ2v) is 5.97. The minimum atomic E-state index is -0.391. The minimum absolute atomic E-state index is 0.207. The number of amides is 1. The number of hydrogen-bond donors (Lipinski definition) is 1. The number of carbonyl (C=O) groups is 1. The first kappa shape index (κ1) is 13.5.